The third-order valence-electron chi connectivity index (χ3n) is 3.65. The number of rotatable bonds is 1. The largest absolute Gasteiger partial charge is 0.383 e. The van der Waals surface area contributed by atoms with E-state index in [9.17, 15) is 8.78 Å². The Morgan fingerprint density at radius 2 is 1.81 bits per heavy atom. The molecular weight excluding hydrogens is 274 g/mol. The fourth-order valence-corrected chi connectivity index (χ4v) is 2.57. The van der Waals surface area contributed by atoms with E-state index in [1.54, 1.807) is 11.5 Å². The highest BCUT2D eigenvalue weighted by Crippen LogP contribution is 2.31. The van der Waals surface area contributed by atoms with Crippen LogP contribution in [0.1, 0.15) is 17.1 Å². The van der Waals surface area contributed by atoms with E-state index >= 15 is 0 Å². The second-order valence-electron chi connectivity index (χ2n) is 5.00. The molecular formula is C15H14F2N4. The average molecular weight is 288 g/mol. The second-order valence-corrected chi connectivity index (χ2v) is 5.00. The van der Waals surface area contributed by atoms with E-state index in [2.05, 4.69) is 9.97 Å². The molecule has 108 valence electrons. The molecule has 0 bridgehead atoms. The summed E-state index contributed by atoms with van der Waals surface area (Å²) in [6.45, 7) is 5.44. The molecule has 2 N–H and O–H groups in total. The molecule has 0 aliphatic rings. The quantitative estimate of drug-likeness (QED) is 0.748. The number of anilines is 1. The fourth-order valence-electron chi connectivity index (χ4n) is 2.57. The number of nitrogens with two attached hydrogens (primary N) is 1. The lowest BCUT2D eigenvalue weighted by Gasteiger charge is -2.09. The van der Waals surface area contributed by atoms with Gasteiger partial charge >= 0.3 is 0 Å². The number of nitrogens with zero attached hydrogens (tertiary/aromatic N) is 3. The molecule has 0 atom stereocenters. The predicted octanol–water partition coefficient (Wildman–Crippen LogP) is 3.21. The number of hydrogen-bond donors (Lipinski definition) is 1. The number of aryl methyl sites for hydroxylation is 2. The van der Waals surface area contributed by atoms with E-state index in [1.165, 1.54) is 12.1 Å². The van der Waals surface area contributed by atoms with Crippen molar-refractivity contribution < 1.29 is 8.78 Å². The number of fused-ring (bicyclic) bond motifs is 1. The number of halogens is 2. The van der Waals surface area contributed by atoms with Gasteiger partial charge in [-0.15, -0.1) is 0 Å². The van der Waals surface area contributed by atoms with E-state index in [0.29, 0.717) is 22.7 Å². The van der Waals surface area contributed by atoms with Crippen LogP contribution in [0.15, 0.2) is 18.2 Å². The normalized spacial score (nSPS) is 11.3. The van der Waals surface area contributed by atoms with Crippen LogP contribution in [-0.2, 0) is 0 Å². The Bertz CT molecular complexity index is 868. The van der Waals surface area contributed by atoms with E-state index in [4.69, 9.17) is 5.73 Å². The van der Waals surface area contributed by atoms with Crippen molar-refractivity contribution in [3.05, 3.63) is 46.9 Å². The van der Waals surface area contributed by atoms with Gasteiger partial charge in [0.1, 0.15) is 23.3 Å². The van der Waals surface area contributed by atoms with Crippen molar-refractivity contribution in [2.75, 3.05) is 5.73 Å². The van der Waals surface area contributed by atoms with Crippen molar-refractivity contribution >= 4 is 16.9 Å². The zero-order valence-electron chi connectivity index (χ0n) is 11.9. The van der Waals surface area contributed by atoms with E-state index < -0.39 is 11.6 Å². The van der Waals surface area contributed by atoms with Gasteiger partial charge in [0.15, 0.2) is 5.65 Å². The van der Waals surface area contributed by atoms with Gasteiger partial charge in [-0.2, -0.15) is 0 Å². The fraction of sp³-hybridized carbons (Fsp3) is 0.200. The van der Waals surface area contributed by atoms with Crippen LogP contribution in [0, 0.1) is 32.4 Å². The van der Waals surface area contributed by atoms with Gasteiger partial charge in [-0.25, -0.2) is 18.7 Å². The highest BCUT2D eigenvalue weighted by molar-refractivity contribution is 5.92. The minimum absolute atomic E-state index is 0.240. The molecule has 3 rings (SSSR count). The first-order valence-electron chi connectivity index (χ1n) is 6.47. The molecule has 0 saturated heterocycles. The van der Waals surface area contributed by atoms with Gasteiger partial charge in [0, 0.05) is 11.8 Å². The Labute approximate surface area is 120 Å². The number of aromatic nitrogens is 3. The molecule has 0 amide bonds. The van der Waals surface area contributed by atoms with Crippen LogP contribution in [0.3, 0.4) is 0 Å². The Hall–Kier alpha value is -2.50. The van der Waals surface area contributed by atoms with Crippen LogP contribution in [-0.4, -0.2) is 14.5 Å². The molecule has 0 spiro atoms. The maximum Gasteiger partial charge on any atom is 0.150 e. The van der Waals surface area contributed by atoms with Gasteiger partial charge in [0.25, 0.3) is 0 Å². The molecule has 0 radical (unpaired) electrons. The van der Waals surface area contributed by atoms with Crippen LogP contribution in [0.5, 0.6) is 0 Å². The van der Waals surface area contributed by atoms with Crippen LogP contribution in [0.2, 0.25) is 0 Å². The van der Waals surface area contributed by atoms with E-state index in [0.717, 1.165) is 17.3 Å². The first kappa shape index (κ1) is 13.5. The van der Waals surface area contributed by atoms with Gasteiger partial charge in [-0.05, 0) is 38.5 Å². The lowest BCUT2D eigenvalue weighted by atomic mass is 10.2. The molecule has 1 aromatic carbocycles. The molecule has 0 saturated carbocycles. The summed E-state index contributed by atoms with van der Waals surface area (Å²) in [6.07, 6.45) is 0. The highest BCUT2D eigenvalue weighted by atomic mass is 19.1. The van der Waals surface area contributed by atoms with Gasteiger partial charge < -0.3 is 5.73 Å². The number of nitrogen functional groups attached to an aromatic ring is 1. The lowest BCUT2D eigenvalue weighted by molar-refractivity contribution is 0.578. The number of hydrogen-bond acceptors (Lipinski definition) is 3. The standard InChI is InChI=1S/C15H14F2N4/c1-7-8(2)21(12-5-4-10(16)6-11(12)17)15-13(7)14(18)19-9(3)20-15/h4-6H,1-3H3,(H2,18,19,20). The molecule has 6 heteroatoms. The molecule has 0 fully saturated rings. The Balaban J connectivity index is 2.45. The van der Waals surface area contributed by atoms with Crippen molar-refractivity contribution in [1.82, 2.24) is 14.5 Å². The molecule has 0 aliphatic heterocycles. The average Bonchev–Trinajstić information content (AvgIpc) is 2.63. The summed E-state index contributed by atoms with van der Waals surface area (Å²) in [5.74, 6) is -0.405. The topological polar surface area (TPSA) is 56.7 Å². The van der Waals surface area contributed by atoms with Crippen LogP contribution in [0.4, 0.5) is 14.6 Å². The summed E-state index contributed by atoms with van der Waals surface area (Å²) in [5, 5.41) is 0.696. The minimum Gasteiger partial charge on any atom is -0.383 e. The molecule has 2 aromatic heterocycles. The molecule has 3 aromatic rings. The zero-order chi connectivity index (χ0) is 15.3. The Morgan fingerprint density at radius 1 is 1.10 bits per heavy atom. The molecule has 2 heterocycles. The number of benzene rings is 1. The summed E-state index contributed by atoms with van der Waals surface area (Å²) < 4.78 is 28.9. The van der Waals surface area contributed by atoms with Crippen molar-refractivity contribution in [3.8, 4) is 5.69 Å². The monoisotopic (exact) mass is 288 g/mol. The van der Waals surface area contributed by atoms with Crippen LogP contribution >= 0.6 is 0 Å². The summed E-state index contributed by atoms with van der Waals surface area (Å²) in [4.78, 5) is 8.52. The van der Waals surface area contributed by atoms with Gasteiger partial charge in [-0.3, -0.25) is 4.57 Å². The van der Waals surface area contributed by atoms with Gasteiger partial charge in [0.05, 0.1) is 11.1 Å². The second kappa shape index (κ2) is 4.51. The first-order chi connectivity index (χ1) is 9.90. The predicted molar refractivity (Wildman–Crippen MR) is 77.4 cm³/mol. The van der Waals surface area contributed by atoms with E-state index in [-0.39, 0.29) is 5.69 Å². The molecule has 4 nitrogen and oxygen atoms in total. The summed E-state index contributed by atoms with van der Waals surface area (Å²) in [7, 11) is 0. The van der Waals surface area contributed by atoms with Crippen LogP contribution < -0.4 is 5.73 Å². The summed E-state index contributed by atoms with van der Waals surface area (Å²) in [5.41, 5.74) is 8.41. The Kier molecular flexibility index (Phi) is 2.90. The Morgan fingerprint density at radius 3 is 2.48 bits per heavy atom. The molecule has 0 aliphatic carbocycles. The smallest absolute Gasteiger partial charge is 0.150 e. The lowest BCUT2D eigenvalue weighted by Crippen LogP contribution is -2.03. The highest BCUT2D eigenvalue weighted by Gasteiger charge is 2.19. The van der Waals surface area contributed by atoms with Crippen LogP contribution in [0.25, 0.3) is 16.7 Å². The van der Waals surface area contributed by atoms with Gasteiger partial charge in [0.2, 0.25) is 0 Å². The third-order valence-corrected chi connectivity index (χ3v) is 3.65. The van der Waals surface area contributed by atoms with Gasteiger partial charge in [-0.1, -0.05) is 0 Å². The van der Waals surface area contributed by atoms with Crippen molar-refractivity contribution in [1.29, 1.82) is 0 Å². The maximum atomic E-state index is 14.1. The summed E-state index contributed by atoms with van der Waals surface area (Å²) in [6, 6.07) is 3.47. The summed E-state index contributed by atoms with van der Waals surface area (Å²) >= 11 is 0. The molecule has 21 heavy (non-hydrogen) atoms. The van der Waals surface area contributed by atoms with Crippen molar-refractivity contribution in [3.63, 3.8) is 0 Å². The minimum atomic E-state index is -0.648. The maximum absolute atomic E-state index is 14.1. The zero-order valence-corrected chi connectivity index (χ0v) is 11.9. The SMILES string of the molecule is Cc1nc(N)c2c(C)c(C)n(-c3ccc(F)cc3F)c2n1. The molecule has 0 unspecified atom stereocenters. The van der Waals surface area contributed by atoms with E-state index in [1.807, 2.05) is 13.8 Å². The van der Waals surface area contributed by atoms with Crippen molar-refractivity contribution in [2.45, 2.75) is 20.8 Å². The first-order valence-corrected chi connectivity index (χ1v) is 6.47. The van der Waals surface area contributed by atoms with Crippen molar-refractivity contribution in [2.24, 2.45) is 0 Å². The third kappa shape index (κ3) is 1.94.